The monoisotopic (exact) mass is 748 g/mol. The first-order valence-electron chi connectivity index (χ1n) is 17.9. The number of carbonyl (C=O) groups excluding carboxylic acids is 2. The number of halogens is 3. The average molecular weight is 749 g/mol. The number of nitriles is 2. The van der Waals surface area contributed by atoms with Crippen molar-refractivity contribution >= 4 is 35.5 Å². The molecular formula is C44H43F3N4O4. The molecule has 0 amide bonds. The van der Waals surface area contributed by atoms with Crippen molar-refractivity contribution < 1.29 is 32.2 Å². The van der Waals surface area contributed by atoms with E-state index in [4.69, 9.17) is 9.47 Å². The van der Waals surface area contributed by atoms with Gasteiger partial charge in [-0.2, -0.15) is 23.7 Å². The van der Waals surface area contributed by atoms with Gasteiger partial charge in [-0.25, -0.2) is 9.59 Å². The lowest BCUT2D eigenvalue weighted by atomic mass is 9.78. The van der Waals surface area contributed by atoms with Gasteiger partial charge in [0.1, 0.15) is 34.8 Å². The van der Waals surface area contributed by atoms with E-state index in [-0.39, 0.29) is 22.6 Å². The predicted molar refractivity (Wildman–Crippen MR) is 208 cm³/mol. The second-order valence-corrected chi connectivity index (χ2v) is 13.0. The van der Waals surface area contributed by atoms with Crippen LogP contribution in [0, 0.1) is 22.7 Å². The second kappa shape index (κ2) is 18.1. The number of anilines is 2. The summed E-state index contributed by atoms with van der Waals surface area (Å²) in [6, 6.07) is 28.3. The number of rotatable bonds is 14. The van der Waals surface area contributed by atoms with Gasteiger partial charge in [0, 0.05) is 43.0 Å². The van der Waals surface area contributed by atoms with E-state index in [1.165, 1.54) is 30.3 Å². The van der Waals surface area contributed by atoms with Gasteiger partial charge in [-0.3, -0.25) is 0 Å². The van der Waals surface area contributed by atoms with Crippen LogP contribution in [0.1, 0.15) is 69.4 Å². The summed E-state index contributed by atoms with van der Waals surface area (Å²) in [6.45, 7) is 14.5. The normalized spacial score (nSPS) is 12.0. The van der Waals surface area contributed by atoms with Gasteiger partial charge in [0.2, 0.25) is 0 Å². The molecule has 0 unspecified atom stereocenters. The van der Waals surface area contributed by atoms with Gasteiger partial charge in [-0.1, -0.05) is 56.3 Å². The first kappa shape index (κ1) is 41.4. The zero-order chi connectivity index (χ0) is 40.3. The Bertz CT molecular complexity index is 2120. The Morgan fingerprint density at radius 1 is 0.636 bits per heavy atom. The van der Waals surface area contributed by atoms with Crippen molar-refractivity contribution in [1.29, 1.82) is 10.5 Å². The van der Waals surface area contributed by atoms with Crippen LogP contribution in [-0.4, -0.2) is 38.1 Å². The minimum Gasteiger partial charge on any atom is -0.422 e. The number of carbonyl (C=O) groups is 2. The smallest absolute Gasteiger partial charge is 0.417 e. The lowest BCUT2D eigenvalue weighted by molar-refractivity contribution is -0.138. The average Bonchev–Trinajstić information content (AvgIpc) is 3.17. The van der Waals surface area contributed by atoms with Gasteiger partial charge in [0.25, 0.3) is 0 Å². The molecule has 0 aromatic heterocycles. The summed E-state index contributed by atoms with van der Waals surface area (Å²) in [5, 5.41) is 19.3. The van der Waals surface area contributed by atoms with Crippen LogP contribution in [0.4, 0.5) is 24.5 Å². The molecule has 0 aliphatic carbocycles. The minimum atomic E-state index is -4.72. The van der Waals surface area contributed by atoms with Crippen molar-refractivity contribution in [3.8, 4) is 23.6 Å². The Morgan fingerprint density at radius 3 is 1.47 bits per heavy atom. The Kier molecular flexibility index (Phi) is 13.7. The fourth-order valence-corrected chi connectivity index (χ4v) is 6.04. The van der Waals surface area contributed by atoms with E-state index < -0.39 is 34.7 Å². The molecule has 0 saturated carbocycles. The van der Waals surface area contributed by atoms with E-state index in [9.17, 15) is 33.3 Å². The third-order valence-corrected chi connectivity index (χ3v) is 9.36. The lowest BCUT2D eigenvalue weighted by Crippen LogP contribution is -2.22. The number of nitrogens with zero attached hydrogens (tertiary/aromatic N) is 4. The number of hydrogen-bond acceptors (Lipinski definition) is 8. The molecule has 0 spiro atoms. The van der Waals surface area contributed by atoms with Crippen LogP contribution < -0.4 is 19.3 Å². The van der Waals surface area contributed by atoms with Crippen LogP contribution in [0.15, 0.2) is 102 Å². The first-order valence-corrected chi connectivity index (χ1v) is 17.9. The van der Waals surface area contributed by atoms with Gasteiger partial charge in [0.15, 0.2) is 0 Å². The molecule has 0 heterocycles. The molecule has 0 aliphatic heterocycles. The molecule has 0 radical (unpaired) electrons. The summed E-state index contributed by atoms with van der Waals surface area (Å²) in [7, 11) is 0. The molecule has 11 heteroatoms. The summed E-state index contributed by atoms with van der Waals surface area (Å²) in [6.07, 6.45) is -2.34. The highest BCUT2D eigenvalue weighted by Crippen LogP contribution is 2.37. The zero-order valence-electron chi connectivity index (χ0n) is 31.7. The first-order chi connectivity index (χ1) is 26.2. The van der Waals surface area contributed by atoms with Crippen molar-refractivity contribution in [2.75, 3.05) is 36.0 Å². The maximum atomic E-state index is 14.0. The minimum absolute atomic E-state index is 0.0991. The van der Waals surface area contributed by atoms with E-state index in [1.807, 2.05) is 58.0 Å². The summed E-state index contributed by atoms with van der Waals surface area (Å²) < 4.78 is 52.9. The van der Waals surface area contributed by atoms with Gasteiger partial charge >= 0.3 is 18.1 Å². The number of benzene rings is 4. The second-order valence-electron chi connectivity index (χ2n) is 13.0. The molecule has 0 fully saturated rings. The molecule has 284 valence electrons. The molecule has 55 heavy (non-hydrogen) atoms. The van der Waals surface area contributed by atoms with E-state index in [1.54, 1.807) is 47.4 Å². The van der Waals surface area contributed by atoms with Gasteiger partial charge in [-0.15, -0.1) is 0 Å². The lowest BCUT2D eigenvalue weighted by Gasteiger charge is -2.26. The van der Waals surface area contributed by atoms with Gasteiger partial charge in [-0.05, 0) is 111 Å². The Balaban J connectivity index is 1.45. The molecule has 4 rings (SSSR count). The van der Waals surface area contributed by atoms with Crippen molar-refractivity contribution in [1.82, 2.24) is 0 Å². The van der Waals surface area contributed by atoms with Crippen molar-refractivity contribution in [3.05, 3.63) is 130 Å². The zero-order valence-corrected chi connectivity index (χ0v) is 31.7. The Labute approximate surface area is 320 Å². The van der Waals surface area contributed by atoms with Crippen LogP contribution >= 0.6 is 0 Å². The number of alkyl halides is 3. The van der Waals surface area contributed by atoms with Crippen LogP contribution in [-0.2, 0) is 21.2 Å². The number of esters is 2. The molecule has 4 aromatic carbocycles. The van der Waals surface area contributed by atoms with E-state index in [0.717, 1.165) is 42.0 Å². The van der Waals surface area contributed by atoms with E-state index >= 15 is 0 Å². The topological polar surface area (TPSA) is 107 Å². The van der Waals surface area contributed by atoms with Crippen LogP contribution in [0.3, 0.4) is 0 Å². The fraction of sp³-hybridized carbons (Fsp3) is 0.273. The number of hydrogen-bond donors (Lipinski definition) is 0. The summed E-state index contributed by atoms with van der Waals surface area (Å²) >= 11 is 0. The molecule has 0 atom stereocenters. The highest BCUT2D eigenvalue weighted by molar-refractivity contribution is 6.00. The molecular weight excluding hydrogens is 706 g/mol. The number of ether oxygens (including phenoxy) is 2. The maximum absolute atomic E-state index is 14.0. The van der Waals surface area contributed by atoms with Crippen LogP contribution in [0.25, 0.3) is 12.2 Å². The Hall–Kier alpha value is -6.33. The van der Waals surface area contributed by atoms with Crippen LogP contribution in [0.2, 0.25) is 0 Å². The molecule has 0 N–H and O–H groups in total. The standard InChI is InChI=1S/C44H43F3N4O4/c1-7-50(8-2)36-18-11-30(12-19-36)25-32(28-48)41(52)54-38-21-14-34(15-22-38)43(5,6)35-16-23-39(24-17-35)55-42(53)33(29-49)26-31-13-20-37(51(9-3)10-4)27-40(31)44(45,46)47/h11-27H,7-10H2,1-6H3/b32-25+,33-26+. The summed E-state index contributed by atoms with van der Waals surface area (Å²) in [5.41, 5.74) is 1.22. The highest BCUT2D eigenvalue weighted by atomic mass is 19.4. The fourth-order valence-electron chi connectivity index (χ4n) is 6.04. The molecule has 4 aromatic rings. The third kappa shape index (κ3) is 10.2. The predicted octanol–water partition coefficient (Wildman–Crippen LogP) is 9.75. The van der Waals surface area contributed by atoms with E-state index in [0.29, 0.717) is 24.3 Å². The van der Waals surface area contributed by atoms with Crippen molar-refractivity contribution in [2.24, 2.45) is 0 Å². The van der Waals surface area contributed by atoms with Crippen molar-refractivity contribution in [3.63, 3.8) is 0 Å². The van der Waals surface area contributed by atoms with Gasteiger partial charge in [0.05, 0.1) is 5.56 Å². The molecule has 0 bridgehead atoms. The van der Waals surface area contributed by atoms with E-state index in [2.05, 4.69) is 18.7 Å². The summed E-state index contributed by atoms with van der Waals surface area (Å²) in [4.78, 5) is 29.8. The van der Waals surface area contributed by atoms with Crippen molar-refractivity contribution in [2.45, 2.75) is 53.1 Å². The Morgan fingerprint density at radius 2 is 1.05 bits per heavy atom. The highest BCUT2D eigenvalue weighted by Gasteiger charge is 2.34. The summed E-state index contributed by atoms with van der Waals surface area (Å²) in [5.74, 6) is -1.52. The maximum Gasteiger partial charge on any atom is 0.417 e. The molecule has 0 saturated heterocycles. The quantitative estimate of drug-likeness (QED) is 0.0543. The van der Waals surface area contributed by atoms with Gasteiger partial charge < -0.3 is 19.3 Å². The molecule has 0 aliphatic rings. The largest absolute Gasteiger partial charge is 0.422 e. The SMILES string of the molecule is CCN(CC)c1ccc(/C=C(\C#N)C(=O)Oc2ccc(C(C)(C)c3ccc(OC(=O)/C(C#N)=C/c4ccc(N(CC)CC)cc4C(F)(F)F)cc3)cc2)cc1. The van der Waals surface area contributed by atoms with Crippen LogP contribution in [0.5, 0.6) is 11.5 Å². The molecule has 8 nitrogen and oxygen atoms in total. The third-order valence-electron chi connectivity index (χ3n) is 9.36.